The first-order valence-electron chi connectivity index (χ1n) is 3.65. The van der Waals surface area contributed by atoms with Crippen molar-refractivity contribution >= 4 is 0 Å². The van der Waals surface area contributed by atoms with Crippen LogP contribution in [-0.4, -0.2) is 37.1 Å². The fraction of sp³-hybridized carbons (Fsp3) is 0.750. The fourth-order valence-corrected chi connectivity index (χ4v) is 1.12. The minimum absolute atomic E-state index is 0.310. The van der Waals surface area contributed by atoms with Crippen molar-refractivity contribution in [3.8, 4) is 12.3 Å². The van der Waals surface area contributed by atoms with Crippen LogP contribution in [0.2, 0.25) is 0 Å². The van der Waals surface area contributed by atoms with Gasteiger partial charge in [0, 0.05) is 19.1 Å². The van der Waals surface area contributed by atoms with E-state index in [1.807, 2.05) is 7.05 Å². The molecule has 2 heteroatoms. The quantitative estimate of drug-likeness (QED) is 0.537. The summed E-state index contributed by atoms with van der Waals surface area (Å²) in [5.41, 5.74) is 0. The van der Waals surface area contributed by atoms with Gasteiger partial charge in [-0.2, -0.15) is 0 Å². The molecule has 2 nitrogen and oxygen atoms in total. The molecule has 1 aliphatic heterocycles. The third-order valence-corrected chi connectivity index (χ3v) is 2.11. The molecule has 56 valence electrons. The lowest BCUT2D eigenvalue weighted by Gasteiger charge is -2.41. The summed E-state index contributed by atoms with van der Waals surface area (Å²) in [7, 11) is 1.99. The van der Waals surface area contributed by atoms with E-state index in [0.717, 1.165) is 13.1 Å². The number of hydrogen-bond acceptors (Lipinski definition) is 2. The van der Waals surface area contributed by atoms with Crippen molar-refractivity contribution in [2.75, 3.05) is 20.1 Å². The molecule has 1 unspecified atom stereocenters. The Kier molecular flexibility index (Phi) is 2.31. The molecule has 0 aliphatic carbocycles. The molecule has 1 heterocycles. The maximum atomic E-state index is 5.26. The summed E-state index contributed by atoms with van der Waals surface area (Å²) in [6.07, 6.45) is 5.26. The van der Waals surface area contributed by atoms with E-state index in [0.29, 0.717) is 12.1 Å². The predicted octanol–water partition coefficient (Wildman–Crippen LogP) is -0.0883. The summed E-state index contributed by atoms with van der Waals surface area (Å²) in [6.45, 7) is 4.26. The maximum Gasteiger partial charge on any atom is 0.0684 e. The highest BCUT2D eigenvalue weighted by Gasteiger charge is 2.27. The Hall–Kier alpha value is -0.520. The van der Waals surface area contributed by atoms with Gasteiger partial charge < -0.3 is 5.32 Å². The topological polar surface area (TPSA) is 15.3 Å². The van der Waals surface area contributed by atoms with Crippen molar-refractivity contribution in [2.45, 2.75) is 19.0 Å². The average Bonchev–Trinajstić information content (AvgIpc) is 1.85. The van der Waals surface area contributed by atoms with Gasteiger partial charge in [0.15, 0.2) is 0 Å². The Bertz CT molecular complexity index is 142. The maximum absolute atomic E-state index is 5.26. The van der Waals surface area contributed by atoms with Gasteiger partial charge in [-0.15, -0.1) is 6.42 Å². The SMILES string of the molecule is C#CC(C)N1CC(NC)C1. The second kappa shape index (κ2) is 3.05. The van der Waals surface area contributed by atoms with Crippen LogP contribution >= 0.6 is 0 Å². The van der Waals surface area contributed by atoms with Crippen LogP contribution in [0, 0.1) is 12.3 Å². The molecule has 0 amide bonds. The fourth-order valence-electron chi connectivity index (χ4n) is 1.12. The van der Waals surface area contributed by atoms with Gasteiger partial charge in [0.2, 0.25) is 0 Å². The number of hydrogen-bond donors (Lipinski definition) is 1. The smallest absolute Gasteiger partial charge is 0.0684 e. The second-order valence-electron chi connectivity index (χ2n) is 2.78. The van der Waals surface area contributed by atoms with Crippen LogP contribution in [0.5, 0.6) is 0 Å². The molecule has 1 saturated heterocycles. The molecular weight excluding hydrogens is 124 g/mol. The second-order valence-corrected chi connectivity index (χ2v) is 2.78. The third kappa shape index (κ3) is 1.31. The van der Waals surface area contributed by atoms with E-state index < -0.39 is 0 Å². The van der Waals surface area contributed by atoms with E-state index in [4.69, 9.17) is 6.42 Å². The molecule has 0 saturated carbocycles. The first kappa shape index (κ1) is 7.59. The van der Waals surface area contributed by atoms with Gasteiger partial charge in [0.05, 0.1) is 6.04 Å². The van der Waals surface area contributed by atoms with Gasteiger partial charge >= 0.3 is 0 Å². The van der Waals surface area contributed by atoms with Gasteiger partial charge in [0.25, 0.3) is 0 Å². The summed E-state index contributed by atoms with van der Waals surface area (Å²) in [5.74, 6) is 2.71. The molecule has 1 fully saturated rings. The summed E-state index contributed by atoms with van der Waals surface area (Å²) in [4.78, 5) is 2.28. The highest BCUT2D eigenvalue weighted by atomic mass is 15.3. The van der Waals surface area contributed by atoms with Gasteiger partial charge in [-0.1, -0.05) is 5.92 Å². The van der Waals surface area contributed by atoms with Crippen molar-refractivity contribution in [1.29, 1.82) is 0 Å². The molecule has 1 rings (SSSR count). The Balaban J connectivity index is 2.21. The van der Waals surface area contributed by atoms with E-state index in [9.17, 15) is 0 Å². The van der Waals surface area contributed by atoms with Gasteiger partial charge in [-0.25, -0.2) is 0 Å². The molecule has 1 N–H and O–H groups in total. The lowest BCUT2D eigenvalue weighted by atomic mass is 10.1. The molecule has 0 aromatic carbocycles. The number of terminal acetylenes is 1. The standard InChI is InChI=1S/C8H14N2/c1-4-7(2)10-5-8(6-10)9-3/h1,7-9H,5-6H2,2-3H3. The zero-order valence-electron chi connectivity index (χ0n) is 6.59. The molecule has 1 aliphatic rings. The lowest BCUT2D eigenvalue weighted by molar-refractivity contribution is 0.113. The Morgan fingerprint density at radius 2 is 2.30 bits per heavy atom. The Morgan fingerprint density at radius 1 is 1.70 bits per heavy atom. The van der Waals surface area contributed by atoms with E-state index in [2.05, 4.69) is 23.1 Å². The van der Waals surface area contributed by atoms with Crippen LogP contribution in [0.25, 0.3) is 0 Å². The first-order valence-corrected chi connectivity index (χ1v) is 3.65. The van der Waals surface area contributed by atoms with Gasteiger partial charge in [0.1, 0.15) is 0 Å². The molecule has 0 aromatic heterocycles. The number of likely N-dealkylation sites (N-methyl/N-ethyl adjacent to an activating group) is 1. The number of nitrogens with one attached hydrogen (secondary N) is 1. The van der Waals surface area contributed by atoms with Gasteiger partial charge in [-0.3, -0.25) is 4.90 Å². The first-order chi connectivity index (χ1) is 4.77. The minimum Gasteiger partial charge on any atom is -0.315 e. The number of rotatable bonds is 2. The zero-order chi connectivity index (χ0) is 7.56. The van der Waals surface area contributed by atoms with Crippen LogP contribution in [0.4, 0.5) is 0 Å². The highest BCUT2D eigenvalue weighted by molar-refractivity contribution is 5.02. The van der Waals surface area contributed by atoms with Crippen LogP contribution in [0.3, 0.4) is 0 Å². The van der Waals surface area contributed by atoms with Crippen molar-refractivity contribution < 1.29 is 0 Å². The van der Waals surface area contributed by atoms with Crippen LogP contribution in [-0.2, 0) is 0 Å². The molecule has 0 bridgehead atoms. The summed E-state index contributed by atoms with van der Waals surface area (Å²) in [5, 5.41) is 3.20. The molecule has 1 atom stereocenters. The van der Waals surface area contributed by atoms with Crippen LogP contribution in [0.1, 0.15) is 6.92 Å². The average molecular weight is 138 g/mol. The largest absolute Gasteiger partial charge is 0.315 e. The van der Waals surface area contributed by atoms with Crippen molar-refractivity contribution in [3.05, 3.63) is 0 Å². The van der Waals surface area contributed by atoms with E-state index in [-0.39, 0.29) is 0 Å². The molecule has 10 heavy (non-hydrogen) atoms. The molecule has 0 spiro atoms. The highest BCUT2D eigenvalue weighted by Crippen LogP contribution is 2.10. The zero-order valence-corrected chi connectivity index (χ0v) is 6.59. The van der Waals surface area contributed by atoms with Crippen LogP contribution in [0.15, 0.2) is 0 Å². The van der Waals surface area contributed by atoms with Crippen molar-refractivity contribution in [3.63, 3.8) is 0 Å². The molecular formula is C8H14N2. The summed E-state index contributed by atoms with van der Waals surface area (Å²) >= 11 is 0. The summed E-state index contributed by atoms with van der Waals surface area (Å²) < 4.78 is 0. The summed E-state index contributed by atoms with van der Waals surface area (Å²) in [6, 6.07) is 0.973. The van der Waals surface area contributed by atoms with Crippen molar-refractivity contribution in [1.82, 2.24) is 10.2 Å². The monoisotopic (exact) mass is 138 g/mol. The number of likely N-dealkylation sites (tertiary alicyclic amines) is 1. The molecule has 0 radical (unpaired) electrons. The Labute approximate surface area is 62.6 Å². The van der Waals surface area contributed by atoms with E-state index in [1.54, 1.807) is 0 Å². The minimum atomic E-state index is 0.310. The lowest BCUT2D eigenvalue weighted by Crippen LogP contribution is -2.59. The van der Waals surface area contributed by atoms with Crippen molar-refractivity contribution in [2.24, 2.45) is 0 Å². The van der Waals surface area contributed by atoms with Gasteiger partial charge in [-0.05, 0) is 14.0 Å². The molecule has 0 aromatic rings. The predicted molar refractivity (Wildman–Crippen MR) is 42.7 cm³/mol. The number of nitrogens with zero attached hydrogens (tertiary/aromatic N) is 1. The van der Waals surface area contributed by atoms with E-state index in [1.165, 1.54) is 0 Å². The van der Waals surface area contributed by atoms with Crippen LogP contribution < -0.4 is 5.32 Å². The normalized spacial score (nSPS) is 23.3. The third-order valence-electron chi connectivity index (χ3n) is 2.11. The Morgan fingerprint density at radius 3 is 2.70 bits per heavy atom. The van der Waals surface area contributed by atoms with E-state index >= 15 is 0 Å².